The number of urea groups is 1. The molecule has 9 heteroatoms. The molecule has 0 radical (unpaired) electrons. The molecule has 9 nitrogen and oxygen atoms in total. The molecule has 0 spiro atoms. The number of nitrogens with one attached hydrogen (secondary N) is 1. The highest BCUT2D eigenvalue weighted by atomic mass is 16.5. The molecule has 5 amide bonds. The molecule has 1 N–H and O–H groups in total. The van der Waals surface area contributed by atoms with Crippen LogP contribution in [-0.2, 0) is 14.4 Å². The number of rotatable bonds is 10. The van der Waals surface area contributed by atoms with Gasteiger partial charge in [-0.2, -0.15) is 0 Å². The molecule has 2 aliphatic carbocycles. The van der Waals surface area contributed by atoms with Crippen molar-refractivity contribution in [3.05, 3.63) is 18.2 Å². The number of amides is 5. The molecule has 36 heavy (non-hydrogen) atoms. The quantitative estimate of drug-likeness (QED) is 0.387. The van der Waals surface area contributed by atoms with Gasteiger partial charge in [0.05, 0.1) is 18.9 Å². The molecule has 1 aliphatic heterocycles. The van der Waals surface area contributed by atoms with E-state index in [2.05, 4.69) is 26.1 Å². The van der Waals surface area contributed by atoms with E-state index in [1.807, 2.05) is 13.8 Å². The molecule has 1 heterocycles. The van der Waals surface area contributed by atoms with Crippen molar-refractivity contribution in [2.45, 2.75) is 72.8 Å². The number of carbonyl (C=O) groups excluding carboxylic acids is 4. The van der Waals surface area contributed by atoms with Crippen LogP contribution in [0.25, 0.3) is 0 Å². The number of anilines is 1. The van der Waals surface area contributed by atoms with Gasteiger partial charge in [-0.25, -0.2) is 14.6 Å². The van der Waals surface area contributed by atoms with Crippen molar-refractivity contribution in [2.75, 3.05) is 24.7 Å². The van der Waals surface area contributed by atoms with E-state index >= 15 is 0 Å². The van der Waals surface area contributed by atoms with Gasteiger partial charge in [-0.1, -0.05) is 34.6 Å². The molecule has 2 bridgehead atoms. The minimum Gasteiger partial charge on any atom is -0.490 e. The van der Waals surface area contributed by atoms with Gasteiger partial charge in [0.2, 0.25) is 5.91 Å². The molecule has 3 atom stereocenters. The van der Waals surface area contributed by atoms with Gasteiger partial charge in [0.15, 0.2) is 11.5 Å². The van der Waals surface area contributed by atoms with Crippen molar-refractivity contribution in [3.8, 4) is 11.5 Å². The van der Waals surface area contributed by atoms with Crippen LogP contribution in [0.4, 0.5) is 10.5 Å². The molecule has 3 aliphatic rings. The Labute approximate surface area is 212 Å². The van der Waals surface area contributed by atoms with Crippen LogP contribution in [0.2, 0.25) is 0 Å². The normalized spacial score (nSPS) is 26.6. The molecule has 2 saturated carbocycles. The maximum absolute atomic E-state index is 13.1. The van der Waals surface area contributed by atoms with Gasteiger partial charge in [-0.3, -0.25) is 14.4 Å². The standard InChI is InChI=1S/C27H37N3O6/c1-6-12-35-19-9-8-18(15-20(19)36-13-7-2)30-24(33)23(32)29(25(30)34)16-22(31)28-21-14-17-10-11-27(21,5)26(17,3)4/h8-9,15,17,21H,6-7,10-14,16H2,1-5H3,(H,28,31). The number of carbonyl (C=O) groups is 4. The summed E-state index contributed by atoms with van der Waals surface area (Å²) in [7, 11) is 0. The Hall–Kier alpha value is -3.10. The topological polar surface area (TPSA) is 105 Å². The molecule has 3 fully saturated rings. The molecule has 3 unspecified atom stereocenters. The zero-order valence-electron chi connectivity index (χ0n) is 21.9. The summed E-state index contributed by atoms with van der Waals surface area (Å²) >= 11 is 0. The fourth-order valence-corrected chi connectivity index (χ4v) is 5.97. The Balaban J connectivity index is 1.48. The second-order valence-corrected chi connectivity index (χ2v) is 10.9. The minimum absolute atomic E-state index is 0.0210. The van der Waals surface area contributed by atoms with Gasteiger partial charge in [-0.05, 0) is 61.0 Å². The molecule has 4 rings (SSSR count). The smallest absolute Gasteiger partial charge is 0.339 e. The third-order valence-corrected chi connectivity index (χ3v) is 8.59. The van der Waals surface area contributed by atoms with Crippen LogP contribution < -0.4 is 19.7 Å². The third kappa shape index (κ3) is 4.22. The van der Waals surface area contributed by atoms with E-state index in [0.29, 0.717) is 35.5 Å². The van der Waals surface area contributed by atoms with Crippen molar-refractivity contribution in [1.82, 2.24) is 10.2 Å². The molecular weight excluding hydrogens is 462 g/mol. The van der Waals surface area contributed by atoms with Crippen molar-refractivity contribution >= 4 is 29.4 Å². The highest BCUT2D eigenvalue weighted by Crippen LogP contribution is 2.65. The van der Waals surface area contributed by atoms with Crippen molar-refractivity contribution in [3.63, 3.8) is 0 Å². The van der Waals surface area contributed by atoms with E-state index in [1.165, 1.54) is 12.1 Å². The summed E-state index contributed by atoms with van der Waals surface area (Å²) in [5.41, 5.74) is 0.269. The van der Waals surface area contributed by atoms with Crippen molar-refractivity contribution in [2.24, 2.45) is 16.7 Å². The number of imide groups is 2. The predicted molar refractivity (Wildman–Crippen MR) is 134 cm³/mol. The van der Waals surface area contributed by atoms with Crippen LogP contribution in [0.5, 0.6) is 11.5 Å². The van der Waals surface area contributed by atoms with E-state index in [0.717, 1.165) is 37.0 Å². The fourth-order valence-electron chi connectivity index (χ4n) is 5.97. The van der Waals surface area contributed by atoms with Gasteiger partial charge < -0.3 is 14.8 Å². The van der Waals surface area contributed by atoms with Crippen LogP contribution in [0.1, 0.15) is 66.7 Å². The van der Waals surface area contributed by atoms with E-state index in [-0.39, 0.29) is 22.6 Å². The van der Waals surface area contributed by atoms with Gasteiger partial charge in [0.25, 0.3) is 0 Å². The average molecular weight is 500 g/mol. The van der Waals surface area contributed by atoms with Crippen LogP contribution in [0, 0.1) is 16.7 Å². The first-order valence-corrected chi connectivity index (χ1v) is 12.9. The van der Waals surface area contributed by atoms with Crippen LogP contribution in [0.3, 0.4) is 0 Å². The largest absolute Gasteiger partial charge is 0.490 e. The van der Waals surface area contributed by atoms with Crippen LogP contribution >= 0.6 is 0 Å². The van der Waals surface area contributed by atoms with E-state index in [1.54, 1.807) is 6.07 Å². The molecule has 1 aromatic rings. The number of nitrogens with zero attached hydrogens (tertiary/aromatic N) is 2. The molecule has 1 aromatic carbocycles. The van der Waals surface area contributed by atoms with E-state index < -0.39 is 30.3 Å². The Bertz CT molecular complexity index is 1070. The average Bonchev–Trinajstić information content (AvgIpc) is 3.28. The lowest BCUT2D eigenvalue weighted by Gasteiger charge is -2.39. The summed E-state index contributed by atoms with van der Waals surface area (Å²) in [6, 6.07) is 3.81. The number of fused-ring (bicyclic) bond motifs is 2. The summed E-state index contributed by atoms with van der Waals surface area (Å²) in [4.78, 5) is 53.1. The first-order chi connectivity index (χ1) is 17.0. The SMILES string of the molecule is CCCOc1ccc(N2C(=O)C(=O)N(CC(=O)NC3CC4CCC3(C)C4(C)C)C2=O)cc1OCCC. The van der Waals surface area contributed by atoms with Gasteiger partial charge in [-0.15, -0.1) is 0 Å². The van der Waals surface area contributed by atoms with Crippen LogP contribution in [0.15, 0.2) is 18.2 Å². The predicted octanol–water partition coefficient (Wildman–Crippen LogP) is 3.89. The Kier molecular flexibility index (Phi) is 7.03. The zero-order valence-corrected chi connectivity index (χ0v) is 21.9. The summed E-state index contributed by atoms with van der Waals surface area (Å²) in [5, 5.41) is 3.05. The maximum Gasteiger partial charge on any atom is 0.339 e. The zero-order chi connectivity index (χ0) is 26.3. The highest BCUT2D eigenvalue weighted by Gasteiger charge is 2.61. The number of ether oxygens (including phenoxy) is 2. The monoisotopic (exact) mass is 499 g/mol. The van der Waals surface area contributed by atoms with E-state index in [9.17, 15) is 19.2 Å². The number of hydrogen-bond donors (Lipinski definition) is 1. The Morgan fingerprint density at radius 3 is 2.28 bits per heavy atom. The molecule has 0 aromatic heterocycles. The second kappa shape index (κ2) is 9.75. The number of benzene rings is 1. The highest BCUT2D eigenvalue weighted by molar-refractivity contribution is 6.53. The summed E-state index contributed by atoms with van der Waals surface area (Å²) < 4.78 is 11.5. The molecular formula is C27H37N3O6. The lowest BCUT2D eigenvalue weighted by Crippen LogP contribution is -2.50. The Morgan fingerprint density at radius 2 is 1.69 bits per heavy atom. The van der Waals surface area contributed by atoms with Crippen molar-refractivity contribution < 1.29 is 28.7 Å². The summed E-state index contributed by atoms with van der Waals surface area (Å²) in [6.45, 7) is 11.1. The first-order valence-electron chi connectivity index (χ1n) is 12.9. The van der Waals surface area contributed by atoms with Gasteiger partial charge in [0, 0.05) is 12.1 Å². The lowest BCUT2D eigenvalue weighted by atomic mass is 9.69. The second-order valence-electron chi connectivity index (χ2n) is 10.9. The molecule has 1 saturated heterocycles. The summed E-state index contributed by atoms with van der Waals surface area (Å²) in [5.74, 6) is -1.02. The van der Waals surface area contributed by atoms with Gasteiger partial charge in [0.1, 0.15) is 6.54 Å². The number of hydrogen-bond acceptors (Lipinski definition) is 6. The molecule has 196 valence electrons. The lowest BCUT2D eigenvalue weighted by molar-refractivity contribution is -0.140. The van der Waals surface area contributed by atoms with Gasteiger partial charge >= 0.3 is 17.8 Å². The summed E-state index contributed by atoms with van der Waals surface area (Å²) in [6.07, 6.45) is 4.63. The fraction of sp³-hybridized carbons (Fsp3) is 0.630. The Morgan fingerprint density at radius 1 is 1.03 bits per heavy atom. The minimum atomic E-state index is -1.02. The van der Waals surface area contributed by atoms with Crippen molar-refractivity contribution in [1.29, 1.82) is 0 Å². The van der Waals surface area contributed by atoms with Crippen LogP contribution in [-0.4, -0.2) is 54.5 Å². The third-order valence-electron chi connectivity index (χ3n) is 8.59. The van der Waals surface area contributed by atoms with E-state index in [4.69, 9.17) is 9.47 Å². The maximum atomic E-state index is 13.1. The first kappa shape index (κ1) is 26.0.